The van der Waals surface area contributed by atoms with E-state index >= 15 is 0 Å². The first-order valence-corrected chi connectivity index (χ1v) is 10.8. The van der Waals surface area contributed by atoms with Crippen molar-refractivity contribution in [3.63, 3.8) is 0 Å². The minimum Gasteiger partial charge on any atom is -0.371 e. The number of anilines is 2. The number of nitrogens with zero attached hydrogens (tertiary/aromatic N) is 1. The number of amidine groups is 1. The Hall–Kier alpha value is -2.29. The maximum atomic E-state index is 5.11. The van der Waals surface area contributed by atoms with Gasteiger partial charge in [0.15, 0.2) is 0 Å². The second-order valence-corrected chi connectivity index (χ2v) is 8.74. The first-order valence-electron chi connectivity index (χ1n) is 10.8. The molecular formula is C25H33N3. The van der Waals surface area contributed by atoms with Gasteiger partial charge in [0.25, 0.3) is 0 Å². The third-order valence-corrected chi connectivity index (χ3v) is 7.17. The fraction of sp³-hybridized carbons (Fsp3) is 0.480. The monoisotopic (exact) mass is 375 g/mol. The molecule has 0 unspecified atom stereocenters. The zero-order chi connectivity index (χ0) is 19.6. The minimum atomic E-state index is -0.0635. The van der Waals surface area contributed by atoms with Crippen LogP contribution in [-0.4, -0.2) is 11.4 Å². The molecule has 1 heterocycles. The lowest BCUT2D eigenvalue weighted by molar-refractivity contribution is 0.150. The Morgan fingerprint density at radius 3 is 2.29 bits per heavy atom. The van der Waals surface area contributed by atoms with Crippen LogP contribution in [0.3, 0.4) is 0 Å². The van der Waals surface area contributed by atoms with E-state index in [2.05, 4.69) is 79.9 Å². The standard InChI is InChI=1S/C25H33N3/c1-4-24(5-2)13-15-25(16-14-24)23(26-18-20-10-8-9-19(3)17-20)27-21-11-6-7-12-22(21)28-25/h6-12,17,28H,4-5,13-16,18H2,1-3H3,(H,26,27). The number of aliphatic imine (C=N–C) groups is 1. The summed E-state index contributed by atoms with van der Waals surface area (Å²) in [7, 11) is 0. The smallest absolute Gasteiger partial charge is 0.127 e. The van der Waals surface area contributed by atoms with Crippen LogP contribution in [-0.2, 0) is 6.54 Å². The van der Waals surface area contributed by atoms with Crippen LogP contribution in [0.15, 0.2) is 53.5 Å². The van der Waals surface area contributed by atoms with Crippen molar-refractivity contribution in [2.45, 2.75) is 71.4 Å². The van der Waals surface area contributed by atoms with Gasteiger partial charge in [-0.25, -0.2) is 0 Å². The molecule has 148 valence electrons. The van der Waals surface area contributed by atoms with Crippen LogP contribution in [0.1, 0.15) is 63.5 Å². The zero-order valence-electron chi connectivity index (χ0n) is 17.5. The number of benzene rings is 2. The molecule has 3 heteroatoms. The highest BCUT2D eigenvalue weighted by Gasteiger charge is 2.46. The quantitative estimate of drug-likeness (QED) is 0.635. The number of fused-ring (bicyclic) bond motifs is 1. The maximum Gasteiger partial charge on any atom is 0.127 e. The number of nitrogens with one attached hydrogen (secondary N) is 2. The minimum absolute atomic E-state index is 0.0635. The third kappa shape index (κ3) is 3.55. The lowest BCUT2D eigenvalue weighted by Crippen LogP contribution is -2.55. The van der Waals surface area contributed by atoms with Gasteiger partial charge in [0, 0.05) is 0 Å². The normalized spacial score (nSPS) is 21.0. The molecule has 2 aliphatic rings. The van der Waals surface area contributed by atoms with Gasteiger partial charge in [0.2, 0.25) is 0 Å². The van der Waals surface area contributed by atoms with Crippen molar-refractivity contribution in [2.24, 2.45) is 10.4 Å². The highest BCUT2D eigenvalue weighted by Crippen LogP contribution is 2.48. The molecule has 2 aromatic carbocycles. The Morgan fingerprint density at radius 1 is 0.893 bits per heavy atom. The highest BCUT2D eigenvalue weighted by molar-refractivity contribution is 6.09. The van der Waals surface area contributed by atoms with Crippen molar-refractivity contribution < 1.29 is 0 Å². The number of para-hydroxylation sites is 2. The van der Waals surface area contributed by atoms with Crippen LogP contribution in [0.4, 0.5) is 11.4 Å². The second kappa shape index (κ2) is 7.62. The van der Waals surface area contributed by atoms with Gasteiger partial charge in [-0.3, -0.25) is 4.99 Å². The SMILES string of the molecule is CCC1(CC)CCC2(CC1)Nc1ccccc1NC2=NCc1cccc(C)c1. The Bertz CT molecular complexity index is 854. The molecule has 0 aromatic heterocycles. The van der Waals surface area contributed by atoms with E-state index in [1.165, 1.54) is 42.5 Å². The van der Waals surface area contributed by atoms with Crippen LogP contribution < -0.4 is 10.6 Å². The number of hydrogen-bond donors (Lipinski definition) is 2. The van der Waals surface area contributed by atoms with Gasteiger partial charge in [-0.1, -0.05) is 68.7 Å². The number of rotatable bonds is 4. The van der Waals surface area contributed by atoms with Gasteiger partial charge in [-0.2, -0.15) is 0 Å². The van der Waals surface area contributed by atoms with Crippen molar-refractivity contribution >= 4 is 17.2 Å². The summed E-state index contributed by atoms with van der Waals surface area (Å²) in [5.41, 5.74) is 5.35. The molecule has 1 aliphatic carbocycles. The predicted octanol–water partition coefficient (Wildman–Crippen LogP) is 6.55. The Kier molecular flexibility index (Phi) is 5.18. The highest BCUT2D eigenvalue weighted by atomic mass is 15.2. The van der Waals surface area contributed by atoms with E-state index in [-0.39, 0.29) is 5.54 Å². The van der Waals surface area contributed by atoms with Gasteiger partial charge >= 0.3 is 0 Å². The summed E-state index contributed by atoms with van der Waals surface area (Å²) in [6.45, 7) is 7.58. The summed E-state index contributed by atoms with van der Waals surface area (Å²) in [6, 6.07) is 17.2. The van der Waals surface area contributed by atoms with Crippen LogP contribution in [0.2, 0.25) is 0 Å². The average Bonchev–Trinajstić information content (AvgIpc) is 2.73. The van der Waals surface area contributed by atoms with Crippen LogP contribution in [0, 0.1) is 12.3 Å². The summed E-state index contributed by atoms with van der Waals surface area (Å²) in [5.74, 6) is 1.12. The molecule has 0 atom stereocenters. The first kappa shape index (κ1) is 19.0. The van der Waals surface area contributed by atoms with E-state index in [1.54, 1.807) is 0 Å². The molecule has 1 spiro atoms. The zero-order valence-corrected chi connectivity index (χ0v) is 17.5. The summed E-state index contributed by atoms with van der Waals surface area (Å²) in [4.78, 5) is 5.11. The van der Waals surface area contributed by atoms with E-state index < -0.39 is 0 Å². The topological polar surface area (TPSA) is 36.4 Å². The van der Waals surface area contributed by atoms with Crippen LogP contribution >= 0.6 is 0 Å². The van der Waals surface area contributed by atoms with Crippen molar-refractivity contribution in [1.29, 1.82) is 0 Å². The van der Waals surface area contributed by atoms with Crippen molar-refractivity contribution in [1.82, 2.24) is 0 Å². The molecule has 3 nitrogen and oxygen atoms in total. The first-order chi connectivity index (χ1) is 13.6. The van der Waals surface area contributed by atoms with Gasteiger partial charge in [-0.15, -0.1) is 0 Å². The summed E-state index contributed by atoms with van der Waals surface area (Å²) < 4.78 is 0. The average molecular weight is 376 g/mol. The van der Waals surface area contributed by atoms with Crippen LogP contribution in [0.5, 0.6) is 0 Å². The van der Waals surface area contributed by atoms with Crippen molar-refractivity contribution in [3.05, 3.63) is 59.7 Å². The fourth-order valence-electron chi connectivity index (χ4n) is 4.96. The molecule has 1 aliphatic heterocycles. The predicted molar refractivity (Wildman–Crippen MR) is 120 cm³/mol. The third-order valence-electron chi connectivity index (χ3n) is 7.17. The van der Waals surface area contributed by atoms with Gasteiger partial charge in [0.05, 0.1) is 23.5 Å². The number of hydrogen-bond acceptors (Lipinski definition) is 2. The van der Waals surface area contributed by atoms with Crippen molar-refractivity contribution in [2.75, 3.05) is 10.6 Å². The Balaban J connectivity index is 1.65. The van der Waals surface area contributed by atoms with E-state index in [0.717, 1.165) is 30.9 Å². The van der Waals surface area contributed by atoms with Gasteiger partial charge in [-0.05, 0) is 55.7 Å². The summed E-state index contributed by atoms with van der Waals surface area (Å²) in [5, 5.41) is 7.60. The molecular weight excluding hydrogens is 342 g/mol. The lowest BCUT2D eigenvalue weighted by atomic mass is 9.64. The largest absolute Gasteiger partial charge is 0.371 e. The Labute approximate surface area is 169 Å². The molecule has 0 saturated heterocycles. The van der Waals surface area contributed by atoms with E-state index in [1.807, 2.05) is 0 Å². The number of aryl methyl sites for hydroxylation is 1. The molecule has 0 radical (unpaired) electrons. The maximum absolute atomic E-state index is 5.11. The molecule has 0 amide bonds. The van der Waals surface area contributed by atoms with Gasteiger partial charge in [0.1, 0.15) is 5.84 Å². The van der Waals surface area contributed by atoms with E-state index in [9.17, 15) is 0 Å². The summed E-state index contributed by atoms with van der Waals surface area (Å²) in [6.07, 6.45) is 7.37. The molecule has 0 bridgehead atoms. The van der Waals surface area contributed by atoms with Crippen LogP contribution in [0.25, 0.3) is 0 Å². The summed E-state index contributed by atoms with van der Waals surface area (Å²) >= 11 is 0. The molecule has 2 N–H and O–H groups in total. The van der Waals surface area contributed by atoms with Gasteiger partial charge < -0.3 is 10.6 Å². The van der Waals surface area contributed by atoms with Crippen molar-refractivity contribution in [3.8, 4) is 0 Å². The molecule has 4 rings (SSSR count). The molecule has 28 heavy (non-hydrogen) atoms. The molecule has 2 aromatic rings. The van der Waals surface area contributed by atoms with E-state index in [4.69, 9.17) is 4.99 Å². The fourth-order valence-corrected chi connectivity index (χ4v) is 4.96. The second-order valence-electron chi connectivity index (χ2n) is 8.74. The molecule has 1 saturated carbocycles. The lowest BCUT2D eigenvalue weighted by Gasteiger charge is -2.49. The molecule has 1 fully saturated rings. The van der Waals surface area contributed by atoms with E-state index in [0.29, 0.717) is 5.41 Å². The Morgan fingerprint density at radius 2 is 1.61 bits per heavy atom.